The third kappa shape index (κ3) is 5.91. The first kappa shape index (κ1) is 18.4. The van der Waals surface area contributed by atoms with Gasteiger partial charge in [0, 0.05) is 5.69 Å². The van der Waals surface area contributed by atoms with Gasteiger partial charge >= 0.3 is 12.4 Å². The highest BCUT2D eigenvalue weighted by Crippen LogP contribution is 2.24. The van der Waals surface area contributed by atoms with E-state index in [0.717, 1.165) is 0 Å². The lowest BCUT2D eigenvalue weighted by molar-refractivity contribution is -0.274. The fourth-order valence-corrected chi connectivity index (χ4v) is 2.08. The highest BCUT2D eigenvalue weighted by atomic mass is 19.4. The predicted octanol–water partition coefficient (Wildman–Crippen LogP) is 4.48. The highest BCUT2D eigenvalue weighted by molar-refractivity contribution is 5.89. The van der Waals surface area contributed by atoms with Crippen molar-refractivity contribution in [2.75, 3.05) is 12.4 Å². The van der Waals surface area contributed by atoms with E-state index in [1.165, 1.54) is 24.3 Å². The normalized spacial score (nSPS) is 12.2. The van der Waals surface area contributed by atoms with Gasteiger partial charge in [0.1, 0.15) is 11.5 Å². The molecule has 1 atom stereocenters. The SMILES string of the molecule is COc1ccc(NC(=O)N[C@H](C)c2ccc(OC(F)(F)F)cc2)cc1. The van der Waals surface area contributed by atoms with Crippen molar-refractivity contribution in [1.82, 2.24) is 5.32 Å². The Morgan fingerprint density at radius 3 is 2.08 bits per heavy atom. The van der Waals surface area contributed by atoms with Gasteiger partial charge in [-0.2, -0.15) is 0 Å². The number of methoxy groups -OCH3 is 1. The van der Waals surface area contributed by atoms with Crippen LogP contribution in [0.15, 0.2) is 48.5 Å². The van der Waals surface area contributed by atoms with Gasteiger partial charge in [0.05, 0.1) is 13.2 Å². The van der Waals surface area contributed by atoms with Crippen LogP contribution < -0.4 is 20.1 Å². The molecule has 0 spiro atoms. The van der Waals surface area contributed by atoms with Gasteiger partial charge < -0.3 is 20.1 Å². The minimum absolute atomic E-state index is 0.314. The Kier molecular flexibility index (Phi) is 5.74. The number of carbonyl (C=O) groups excluding carboxylic acids is 1. The molecule has 0 heterocycles. The third-order valence-electron chi connectivity index (χ3n) is 3.31. The van der Waals surface area contributed by atoms with Crippen molar-refractivity contribution in [3.63, 3.8) is 0 Å². The van der Waals surface area contributed by atoms with Crippen LogP contribution in [0.4, 0.5) is 23.7 Å². The smallest absolute Gasteiger partial charge is 0.497 e. The number of hydrogen-bond acceptors (Lipinski definition) is 3. The third-order valence-corrected chi connectivity index (χ3v) is 3.31. The second-order valence-electron chi connectivity index (χ2n) is 5.17. The van der Waals surface area contributed by atoms with E-state index in [-0.39, 0.29) is 5.75 Å². The van der Waals surface area contributed by atoms with E-state index in [2.05, 4.69) is 15.4 Å². The van der Waals surface area contributed by atoms with Gasteiger partial charge in [-0.1, -0.05) is 12.1 Å². The van der Waals surface area contributed by atoms with Crippen LogP contribution in [0, 0.1) is 0 Å². The van der Waals surface area contributed by atoms with Gasteiger partial charge in [0.25, 0.3) is 0 Å². The summed E-state index contributed by atoms with van der Waals surface area (Å²) in [5, 5.41) is 5.35. The van der Waals surface area contributed by atoms with Crippen molar-refractivity contribution in [1.29, 1.82) is 0 Å². The van der Waals surface area contributed by atoms with E-state index >= 15 is 0 Å². The molecule has 0 aliphatic rings. The van der Waals surface area contributed by atoms with Crippen LogP contribution in [0.5, 0.6) is 11.5 Å². The molecule has 0 unspecified atom stereocenters. The quantitative estimate of drug-likeness (QED) is 0.832. The maximum absolute atomic E-state index is 12.1. The summed E-state index contributed by atoms with van der Waals surface area (Å²) in [5.74, 6) is 0.353. The van der Waals surface area contributed by atoms with E-state index in [0.29, 0.717) is 17.0 Å². The van der Waals surface area contributed by atoms with Crippen molar-refractivity contribution in [3.8, 4) is 11.5 Å². The fourth-order valence-electron chi connectivity index (χ4n) is 2.08. The molecule has 8 heteroatoms. The molecule has 0 bridgehead atoms. The van der Waals surface area contributed by atoms with Gasteiger partial charge in [0.15, 0.2) is 0 Å². The number of benzene rings is 2. The van der Waals surface area contributed by atoms with E-state index in [1.807, 2.05) is 0 Å². The largest absolute Gasteiger partial charge is 0.573 e. The highest BCUT2D eigenvalue weighted by Gasteiger charge is 2.31. The second-order valence-corrected chi connectivity index (χ2v) is 5.17. The molecule has 0 aliphatic heterocycles. The zero-order valence-corrected chi connectivity index (χ0v) is 13.6. The number of anilines is 1. The summed E-state index contributed by atoms with van der Waals surface area (Å²) in [7, 11) is 1.54. The monoisotopic (exact) mass is 354 g/mol. The van der Waals surface area contributed by atoms with Gasteiger partial charge in [-0.3, -0.25) is 0 Å². The zero-order valence-electron chi connectivity index (χ0n) is 13.6. The van der Waals surface area contributed by atoms with Crippen molar-refractivity contribution in [2.24, 2.45) is 0 Å². The summed E-state index contributed by atoms with van der Waals surface area (Å²) in [5.41, 5.74) is 1.22. The number of hydrogen-bond donors (Lipinski definition) is 2. The molecule has 2 amide bonds. The first-order chi connectivity index (χ1) is 11.8. The number of ether oxygens (including phenoxy) is 2. The Bertz CT molecular complexity index is 701. The molecule has 0 saturated carbocycles. The van der Waals surface area contributed by atoms with Gasteiger partial charge in [0.2, 0.25) is 0 Å². The van der Waals surface area contributed by atoms with Crippen LogP contribution >= 0.6 is 0 Å². The number of rotatable bonds is 5. The topological polar surface area (TPSA) is 59.6 Å². The van der Waals surface area contributed by atoms with E-state index < -0.39 is 18.4 Å². The molecule has 2 aromatic carbocycles. The van der Waals surface area contributed by atoms with Gasteiger partial charge in [-0.25, -0.2) is 4.79 Å². The number of alkyl halides is 3. The molecule has 5 nitrogen and oxygen atoms in total. The molecule has 2 aromatic rings. The summed E-state index contributed by atoms with van der Waals surface area (Å²) in [6.45, 7) is 1.72. The Labute approximate surface area is 142 Å². The molecule has 0 fully saturated rings. The maximum atomic E-state index is 12.1. The summed E-state index contributed by atoms with van der Waals surface area (Å²) < 4.78 is 45.2. The van der Waals surface area contributed by atoms with Gasteiger partial charge in [-0.15, -0.1) is 13.2 Å². The van der Waals surface area contributed by atoms with Crippen molar-refractivity contribution in [3.05, 3.63) is 54.1 Å². The number of nitrogens with one attached hydrogen (secondary N) is 2. The Balaban J connectivity index is 1.91. The van der Waals surface area contributed by atoms with Crippen LogP contribution in [0.3, 0.4) is 0 Å². The second kappa shape index (κ2) is 7.78. The molecule has 0 aromatic heterocycles. The number of carbonyl (C=O) groups is 1. The average Bonchev–Trinajstić information content (AvgIpc) is 2.54. The maximum Gasteiger partial charge on any atom is 0.573 e. The lowest BCUT2D eigenvalue weighted by Gasteiger charge is -2.16. The van der Waals surface area contributed by atoms with Gasteiger partial charge in [-0.05, 0) is 48.9 Å². The summed E-state index contributed by atoms with van der Waals surface area (Å²) >= 11 is 0. The van der Waals surface area contributed by atoms with Crippen LogP contribution in [-0.2, 0) is 0 Å². The molecule has 2 rings (SSSR count). The average molecular weight is 354 g/mol. The standard InChI is InChI=1S/C17H17F3N2O3/c1-11(12-3-7-15(8-4-12)25-17(18,19)20)21-16(23)22-13-5-9-14(24-2)10-6-13/h3-11H,1-2H3,(H2,21,22,23)/t11-/m1/s1. The Morgan fingerprint density at radius 1 is 1.00 bits per heavy atom. The molecular weight excluding hydrogens is 337 g/mol. The zero-order chi connectivity index (χ0) is 18.4. The van der Waals surface area contributed by atoms with Crippen LogP contribution in [0.25, 0.3) is 0 Å². The van der Waals surface area contributed by atoms with Crippen LogP contribution in [-0.4, -0.2) is 19.5 Å². The van der Waals surface area contributed by atoms with Crippen molar-refractivity contribution >= 4 is 11.7 Å². The molecule has 0 aliphatic carbocycles. The molecule has 2 N–H and O–H groups in total. The number of halogens is 3. The van der Waals surface area contributed by atoms with E-state index in [4.69, 9.17) is 4.74 Å². The minimum atomic E-state index is -4.73. The predicted molar refractivity (Wildman–Crippen MR) is 86.7 cm³/mol. The Hall–Kier alpha value is -2.90. The minimum Gasteiger partial charge on any atom is -0.497 e. The molecule has 0 radical (unpaired) electrons. The molecule has 25 heavy (non-hydrogen) atoms. The number of amides is 2. The Morgan fingerprint density at radius 2 is 1.56 bits per heavy atom. The van der Waals surface area contributed by atoms with Crippen molar-refractivity contribution in [2.45, 2.75) is 19.3 Å². The van der Waals surface area contributed by atoms with Crippen LogP contribution in [0.1, 0.15) is 18.5 Å². The van der Waals surface area contributed by atoms with E-state index in [1.54, 1.807) is 38.3 Å². The lowest BCUT2D eigenvalue weighted by Crippen LogP contribution is -2.31. The first-order valence-corrected chi connectivity index (χ1v) is 7.34. The molecule has 0 saturated heterocycles. The summed E-state index contributed by atoms with van der Waals surface area (Å²) in [6, 6.07) is 11.3. The summed E-state index contributed by atoms with van der Waals surface area (Å²) in [4.78, 5) is 12.0. The number of urea groups is 1. The first-order valence-electron chi connectivity index (χ1n) is 7.34. The fraction of sp³-hybridized carbons (Fsp3) is 0.235. The van der Waals surface area contributed by atoms with Crippen molar-refractivity contribution < 1.29 is 27.4 Å². The van der Waals surface area contributed by atoms with E-state index in [9.17, 15) is 18.0 Å². The lowest BCUT2D eigenvalue weighted by atomic mass is 10.1. The molecular formula is C17H17F3N2O3. The molecule has 134 valence electrons. The summed E-state index contributed by atoms with van der Waals surface area (Å²) in [6.07, 6.45) is -4.73. The van der Waals surface area contributed by atoms with Crippen LogP contribution in [0.2, 0.25) is 0 Å².